The molecule has 1 rings (SSSR count). The third kappa shape index (κ3) is 5.36. The van der Waals surface area contributed by atoms with Crippen LogP contribution in [0.3, 0.4) is 0 Å². The van der Waals surface area contributed by atoms with Gasteiger partial charge in [-0.3, -0.25) is 4.79 Å². The van der Waals surface area contributed by atoms with E-state index in [2.05, 4.69) is 4.90 Å². The molecule has 0 saturated carbocycles. The van der Waals surface area contributed by atoms with Gasteiger partial charge in [-0.25, -0.2) is 0 Å². The maximum atomic E-state index is 11.5. The van der Waals surface area contributed by atoms with E-state index in [1.807, 2.05) is 32.3 Å². The van der Waals surface area contributed by atoms with Gasteiger partial charge in [-0.05, 0) is 32.1 Å². The second kappa shape index (κ2) is 6.91. The summed E-state index contributed by atoms with van der Waals surface area (Å²) in [5, 5.41) is 0. The number of anilines is 1. The quantitative estimate of drug-likeness (QED) is 0.459. The monoisotopic (exact) mass is 236 g/mol. The first kappa shape index (κ1) is 13.5. The molecule has 0 unspecified atom stereocenters. The van der Waals surface area contributed by atoms with E-state index in [1.165, 1.54) is 0 Å². The van der Waals surface area contributed by atoms with Crippen LogP contribution in [0.4, 0.5) is 5.69 Å². The van der Waals surface area contributed by atoms with Gasteiger partial charge in [-0.15, -0.1) is 0 Å². The molecule has 0 radical (unpaired) electrons. The molecule has 0 fully saturated rings. The number of nitrogens with two attached hydrogens (primary N) is 1. The molecule has 0 heterocycles. The van der Waals surface area contributed by atoms with Crippen LogP contribution in [0.5, 0.6) is 0 Å². The van der Waals surface area contributed by atoms with Crippen molar-refractivity contribution in [2.24, 2.45) is 0 Å². The third-order valence-corrected chi connectivity index (χ3v) is 2.40. The summed E-state index contributed by atoms with van der Waals surface area (Å²) >= 11 is 0. The van der Waals surface area contributed by atoms with E-state index in [4.69, 9.17) is 10.5 Å². The highest BCUT2D eigenvalue weighted by atomic mass is 16.5. The van der Waals surface area contributed by atoms with Crippen molar-refractivity contribution in [3.63, 3.8) is 0 Å². The van der Waals surface area contributed by atoms with Crippen LogP contribution < -0.4 is 5.73 Å². The number of hydrogen-bond donors (Lipinski definition) is 1. The normalized spacial score (nSPS) is 10.5. The van der Waals surface area contributed by atoms with Crippen molar-refractivity contribution in [2.45, 2.75) is 12.8 Å². The summed E-state index contributed by atoms with van der Waals surface area (Å²) in [6, 6.07) is 7.34. The van der Waals surface area contributed by atoms with E-state index in [0.29, 0.717) is 12.3 Å². The van der Waals surface area contributed by atoms with Gasteiger partial charge in [0.1, 0.15) is 0 Å². The lowest BCUT2D eigenvalue weighted by Gasteiger charge is -2.10. The number of carbonyl (C=O) groups is 1. The number of rotatable bonds is 6. The molecule has 94 valence electrons. The Morgan fingerprint density at radius 3 is 2.71 bits per heavy atom. The van der Waals surface area contributed by atoms with Gasteiger partial charge in [0.15, 0.2) is 0 Å². The Morgan fingerprint density at radius 1 is 1.35 bits per heavy atom. The first-order valence-electron chi connectivity index (χ1n) is 5.73. The van der Waals surface area contributed by atoms with Crippen molar-refractivity contribution in [2.75, 3.05) is 33.0 Å². The van der Waals surface area contributed by atoms with Crippen LogP contribution in [0.15, 0.2) is 24.3 Å². The average Bonchev–Trinajstić information content (AvgIpc) is 2.27. The minimum atomic E-state index is -0.221. The zero-order chi connectivity index (χ0) is 12.7. The van der Waals surface area contributed by atoms with Crippen LogP contribution in [-0.4, -0.2) is 38.1 Å². The second-order valence-corrected chi connectivity index (χ2v) is 4.25. The fraction of sp³-hybridized carbons (Fsp3) is 0.462. The average molecular weight is 236 g/mol. The summed E-state index contributed by atoms with van der Waals surface area (Å²) in [4.78, 5) is 13.6. The molecule has 0 bridgehead atoms. The molecule has 0 aromatic heterocycles. The predicted molar refractivity (Wildman–Crippen MR) is 68.7 cm³/mol. The maximum absolute atomic E-state index is 11.5. The van der Waals surface area contributed by atoms with E-state index in [1.54, 1.807) is 6.07 Å². The predicted octanol–water partition coefficient (Wildman–Crippen LogP) is 1.31. The smallest absolute Gasteiger partial charge is 0.310 e. The SMILES string of the molecule is CN(C)CCCOC(=O)Cc1ccccc1N. The Kier molecular flexibility index (Phi) is 5.49. The van der Waals surface area contributed by atoms with Gasteiger partial charge in [-0.1, -0.05) is 18.2 Å². The first-order chi connectivity index (χ1) is 8.09. The highest BCUT2D eigenvalue weighted by molar-refractivity contribution is 5.74. The summed E-state index contributed by atoms with van der Waals surface area (Å²) in [5.74, 6) is -0.221. The Balaban J connectivity index is 2.28. The van der Waals surface area contributed by atoms with Crippen molar-refractivity contribution in [1.82, 2.24) is 4.90 Å². The molecule has 0 aliphatic carbocycles. The summed E-state index contributed by atoms with van der Waals surface area (Å²) in [5.41, 5.74) is 7.21. The fourth-order valence-corrected chi connectivity index (χ4v) is 1.47. The van der Waals surface area contributed by atoms with E-state index in [-0.39, 0.29) is 12.4 Å². The van der Waals surface area contributed by atoms with Crippen LogP contribution in [0.25, 0.3) is 0 Å². The van der Waals surface area contributed by atoms with Gasteiger partial charge in [0.2, 0.25) is 0 Å². The van der Waals surface area contributed by atoms with Crippen molar-refractivity contribution < 1.29 is 9.53 Å². The number of nitrogen functional groups attached to an aromatic ring is 1. The lowest BCUT2D eigenvalue weighted by Crippen LogP contribution is -2.17. The van der Waals surface area contributed by atoms with E-state index >= 15 is 0 Å². The van der Waals surface area contributed by atoms with Crippen molar-refractivity contribution in [3.8, 4) is 0 Å². The van der Waals surface area contributed by atoms with Crippen LogP contribution in [0.1, 0.15) is 12.0 Å². The maximum Gasteiger partial charge on any atom is 0.310 e. The summed E-state index contributed by atoms with van der Waals surface area (Å²) < 4.78 is 5.13. The van der Waals surface area contributed by atoms with Gasteiger partial charge >= 0.3 is 5.97 Å². The first-order valence-corrected chi connectivity index (χ1v) is 5.73. The fourth-order valence-electron chi connectivity index (χ4n) is 1.47. The Labute approximate surface area is 102 Å². The number of nitrogens with zero attached hydrogens (tertiary/aromatic N) is 1. The summed E-state index contributed by atoms with van der Waals surface area (Å²) in [6.45, 7) is 1.38. The van der Waals surface area contributed by atoms with Crippen LogP contribution in [0, 0.1) is 0 Å². The lowest BCUT2D eigenvalue weighted by molar-refractivity contribution is -0.142. The molecular formula is C13H20N2O2. The molecule has 1 aromatic carbocycles. The molecule has 0 spiro atoms. The molecule has 4 heteroatoms. The van der Waals surface area contributed by atoms with Gasteiger partial charge in [0.05, 0.1) is 13.0 Å². The molecule has 17 heavy (non-hydrogen) atoms. The minimum Gasteiger partial charge on any atom is -0.465 e. The second-order valence-electron chi connectivity index (χ2n) is 4.25. The standard InChI is InChI=1S/C13H20N2O2/c1-15(2)8-5-9-17-13(16)10-11-6-3-4-7-12(11)14/h3-4,6-7H,5,8-10,14H2,1-2H3. The number of ether oxygens (including phenoxy) is 1. The number of carbonyl (C=O) groups excluding carboxylic acids is 1. The van der Waals surface area contributed by atoms with Crippen molar-refractivity contribution >= 4 is 11.7 Å². The topological polar surface area (TPSA) is 55.6 Å². The highest BCUT2D eigenvalue weighted by Gasteiger charge is 2.06. The molecule has 2 N–H and O–H groups in total. The van der Waals surface area contributed by atoms with Crippen LogP contribution >= 0.6 is 0 Å². The number of hydrogen-bond acceptors (Lipinski definition) is 4. The third-order valence-electron chi connectivity index (χ3n) is 2.40. The molecular weight excluding hydrogens is 216 g/mol. The molecule has 0 atom stereocenters. The number of para-hydroxylation sites is 1. The highest BCUT2D eigenvalue weighted by Crippen LogP contribution is 2.11. The van der Waals surface area contributed by atoms with Crippen LogP contribution in [0.2, 0.25) is 0 Å². The Hall–Kier alpha value is -1.55. The largest absolute Gasteiger partial charge is 0.465 e. The van der Waals surface area contributed by atoms with E-state index < -0.39 is 0 Å². The zero-order valence-corrected chi connectivity index (χ0v) is 10.5. The number of esters is 1. The number of benzene rings is 1. The lowest BCUT2D eigenvalue weighted by atomic mass is 10.1. The molecule has 0 aliphatic rings. The Morgan fingerprint density at radius 2 is 2.06 bits per heavy atom. The Bertz CT molecular complexity index is 364. The van der Waals surface area contributed by atoms with Gasteiger partial charge in [-0.2, -0.15) is 0 Å². The van der Waals surface area contributed by atoms with Gasteiger partial charge in [0.25, 0.3) is 0 Å². The molecule has 1 aromatic rings. The zero-order valence-electron chi connectivity index (χ0n) is 10.5. The van der Waals surface area contributed by atoms with E-state index in [9.17, 15) is 4.79 Å². The molecule has 0 amide bonds. The summed E-state index contributed by atoms with van der Waals surface area (Å²) in [6.07, 6.45) is 1.09. The molecule has 0 aliphatic heterocycles. The van der Waals surface area contributed by atoms with E-state index in [0.717, 1.165) is 18.5 Å². The molecule has 0 saturated heterocycles. The van der Waals surface area contributed by atoms with Gasteiger partial charge in [0, 0.05) is 12.2 Å². The minimum absolute atomic E-state index is 0.221. The van der Waals surface area contributed by atoms with Crippen molar-refractivity contribution in [1.29, 1.82) is 0 Å². The molecule has 4 nitrogen and oxygen atoms in total. The van der Waals surface area contributed by atoms with Crippen LogP contribution in [-0.2, 0) is 16.0 Å². The van der Waals surface area contributed by atoms with Crippen molar-refractivity contribution in [3.05, 3.63) is 29.8 Å². The van der Waals surface area contributed by atoms with Gasteiger partial charge < -0.3 is 15.4 Å². The summed E-state index contributed by atoms with van der Waals surface area (Å²) in [7, 11) is 3.99.